The van der Waals surface area contributed by atoms with Gasteiger partial charge in [-0.05, 0) is 25.7 Å². The minimum atomic E-state index is 0.250. The molecule has 0 saturated heterocycles. The number of hydrogen-bond donors (Lipinski definition) is 2. The van der Waals surface area contributed by atoms with Gasteiger partial charge in [0.2, 0.25) is 0 Å². The van der Waals surface area contributed by atoms with Crippen molar-refractivity contribution in [3.05, 3.63) is 0 Å². The Balaban J connectivity index is 0. The molecule has 0 saturated carbocycles. The van der Waals surface area contributed by atoms with E-state index in [0.29, 0.717) is 12.5 Å². The second kappa shape index (κ2) is 25.2. The van der Waals surface area contributed by atoms with Crippen LogP contribution in [0.1, 0.15) is 124 Å². The highest BCUT2D eigenvalue weighted by molar-refractivity contribution is 4.59. The molecule has 0 spiro atoms. The minimum absolute atomic E-state index is 0.250. The van der Waals surface area contributed by atoms with Gasteiger partial charge in [0.05, 0.1) is 0 Å². The molecule has 0 rings (SSSR count). The average molecular weight is 345 g/mol. The quantitative estimate of drug-likeness (QED) is 0.282. The molecule has 0 aliphatic carbocycles. The third kappa shape index (κ3) is 24.2. The Morgan fingerprint density at radius 2 is 0.792 bits per heavy atom. The van der Waals surface area contributed by atoms with Gasteiger partial charge in [-0.2, -0.15) is 0 Å². The number of aliphatic hydroxyl groups excluding tert-OH is 2. The Kier molecular flexibility index (Phi) is 27.4. The van der Waals surface area contributed by atoms with Crippen LogP contribution in [0.25, 0.3) is 0 Å². The topological polar surface area (TPSA) is 40.5 Å². The fraction of sp³-hybridized carbons (Fsp3) is 1.00. The van der Waals surface area contributed by atoms with Crippen molar-refractivity contribution in [1.29, 1.82) is 0 Å². The molecule has 0 fully saturated rings. The lowest BCUT2D eigenvalue weighted by molar-refractivity contribution is 0.204. The van der Waals surface area contributed by atoms with Crippen LogP contribution in [0.5, 0.6) is 0 Å². The van der Waals surface area contributed by atoms with Crippen LogP contribution < -0.4 is 0 Å². The van der Waals surface area contributed by atoms with Crippen LogP contribution in [0.3, 0.4) is 0 Å². The van der Waals surface area contributed by atoms with E-state index in [1.165, 1.54) is 103 Å². The summed E-state index contributed by atoms with van der Waals surface area (Å²) in [5.41, 5.74) is 0. The molecule has 2 N–H and O–H groups in total. The molecule has 0 bridgehead atoms. The van der Waals surface area contributed by atoms with E-state index in [9.17, 15) is 5.11 Å². The summed E-state index contributed by atoms with van der Waals surface area (Å²) in [6.07, 6.45) is 21.8. The highest BCUT2D eigenvalue weighted by atomic mass is 16.3. The Bertz CT molecular complexity index is 194. The predicted octanol–water partition coefficient (Wildman–Crippen LogP) is 6.87. The molecule has 0 radical (unpaired) electrons. The third-order valence-electron chi connectivity index (χ3n) is 4.69. The lowest BCUT2D eigenvalue weighted by atomic mass is 9.95. The van der Waals surface area contributed by atoms with E-state index in [1.54, 1.807) is 6.92 Å². The van der Waals surface area contributed by atoms with Crippen molar-refractivity contribution in [2.24, 2.45) is 5.92 Å². The Morgan fingerprint density at radius 3 is 1.08 bits per heavy atom. The van der Waals surface area contributed by atoms with Crippen LogP contribution in [-0.4, -0.2) is 23.4 Å². The van der Waals surface area contributed by atoms with Gasteiger partial charge < -0.3 is 10.2 Å². The maximum atomic E-state index is 9.47. The highest BCUT2D eigenvalue weighted by Gasteiger charge is 2.06. The Hall–Kier alpha value is -0.0800. The van der Waals surface area contributed by atoms with Crippen LogP contribution >= 0.6 is 0 Å². The molecule has 2 nitrogen and oxygen atoms in total. The van der Waals surface area contributed by atoms with Gasteiger partial charge in [0.15, 0.2) is 0 Å². The first kappa shape index (κ1) is 26.2. The zero-order valence-corrected chi connectivity index (χ0v) is 17.2. The molecule has 0 amide bonds. The zero-order valence-electron chi connectivity index (χ0n) is 17.2. The van der Waals surface area contributed by atoms with E-state index in [4.69, 9.17) is 5.11 Å². The summed E-state index contributed by atoms with van der Waals surface area (Å²) in [6.45, 7) is 6.88. The summed E-state index contributed by atoms with van der Waals surface area (Å²) in [5, 5.41) is 17.0. The molecular weight excluding hydrogens is 296 g/mol. The van der Waals surface area contributed by atoms with E-state index >= 15 is 0 Å². The molecule has 1 atom stereocenters. The standard InChI is InChI=1S/C20H42O.C2H6O/c1-3-5-7-9-11-12-14-16-18-20(19-21)17-15-13-10-8-6-4-2;1-2-3/h20-21H,3-19H2,1-2H3;3H,2H2,1H3. The monoisotopic (exact) mass is 344 g/mol. The summed E-state index contributed by atoms with van der Waals surface area (Å²) >= 11 is 0. The van der Waals surface area contributed by atoms with Crippen molar-refractivity contribution in [3.8, 4) is 0 Å². The summed E-state index contributed by atoms with van der Waals surface area (Å²) in [6, 6.07) is 0. The van der Waals surface area contributed by atoms with E-state index in [0.717, 1.165) is 0 Å². The van der Waals surface area contributed by atoms with Gasteiger partial charge in [0.1, 0.15) is 0 Å². The molecule has 24 heavy (non-hydrogen) atoms. The normalized spacial score (nSPS) is 11.9. The van der Waals surface area contributed by atoms with Crippen LogP contribution in [0, 0.1) is 5.92 Å². The van der Waals surface area contributed by atoms with Crippen molar-refractivity contribution < 1.29 is 10.2 Å². The van der Waals surface area contributed by atoms with Gasteiger partial charge >= 0.3 is 0 Å². The summed E-state index contributed by atoms with van der Waals surface area (Å²) in [7, 11) is 0. The first-order valence-corrected chi connectivity index (χ1v) is 11.0. The van der Waals surface area contributed by atoms with E-state index in [1.807, 2.05) is 0 Å². The van der Waals surface area contributed by atoms with Crippen molar-refractivity contribution in [2.45, 2.75) is 124 Å². The van der Waals surface area contributed by atoms with Crippen LogP contribution in [0.15, 0.2) is 0 Å². The second-order valence-corrected chi connectivity index (χ2v) is 7.18. The number of rotatable bonds is 17. The minimum Gasteiger partial charge on any atom is -0.397 e. The van der Waals surface area contributed by atoms with E-state index < -0.39 is 0 Å². The molecule has 0 aromatic heterocycles. The maximum absolute atomic E-state index is 9.47. The average Bonchev–Trinajstić information content (AvgIpc) is 2.59. The molecule has 1 unspecified atom stereocenters. The zero-order chi connectivity index (χ0) is 18.3. The predicted molar refractivity (Wildman–Crippen MR) is 109 cm³/mol. The molecular formula is C22H48O2. The third-order valence-corrected chi connectivity index (χ3v) is 4.69. The summed E-state index contributed by atoms with van der Waals surface area (Å²) < 4.78 is 0. The van der Waals surface area contributed by atoms with E-state index in [-0.39, 0.29) is 6.61 Å². The van der Waals surface area contributed by atoms with Crippen LogP contribution in [0.2, 0.25) is 0 Å². The molecule has 0 aliphatic heterocycles. The number of aliphatic hydroxyl groups is 2. The molecule has 0 heterocycles. The number of hydrogen-bond acceptors (Lipinski definition) is 2. The lowest BCUT2D eigenvalue weighted by Gasteiger charge is -2.13. The van der Waals surface area contributed by atoms with Crippen molar-refractivity contribution in [1.82, 2.24) is 0 Å². The van der Waals surface area contributed by atoms with Gasteiger partial charge in [0, 0.05) is 13.2 Å². The molecule has 2 heteroatoms. The smallest absolute Gasteiger partial charge is 0.0459 e. The first-order chi connectivity index (χ1) is 11.8. The van der Waals surface area contributed by atoms with Crippen molar-refractivity contribution in [2.75, 3.05) is 13.2 Å². The van der Waals surface area contributed by atoms with Gasteiger partial charge in [0.25, 0.3) is 0 Å². The maximum Gasteiger partial charge on any atom is 0.0459 e. The molecule has 0 aromatic rings. The fourth-order valence-electron chi connectivity index (χ4n) is 3.11. The SMILES string of the molecule is CCCCCCCCCCC(CO)CCCCCCCC.CCO. The van der Waals surface area contributed by atoms with Gasteiger partial charge in [-0.25, -0.2) is 0 Å². The second-order valence-electron chi connectivity index (χ2n) is 7.18. The van der Waals surface area contributed by atoms with Crippen molar-refractivity contribution >= 4 is 0 Å². The number of unbranched alkanes of at least 4 members (excludes halogenated alkanes) is 12. The largest absolute Gasteiger partial charge is 0.397 e. The highest BCUT2D eigenvalue weighted by Crippen LogP contribution is 2.18. The van der Waals surface area contributed by atoms with Gasteiger partial charge in [-0.1, -0.05) is 104 Å². The summed E-state index contributed by atoms with van der Waals surface area (Å²) in [4.78, 5) is 0. The van der Waals surface area contributed by atoms with Crippen molar-refractivity contribution in [3.63, 3.8) is 0 Å². The first-order valence-electron chi connectivity index (χ1n) is 11.0. The van der Waals surface area contributed by atoms with E-state index in [2.05, 4.69) is 13.8 Å². The Labute approximate surface area is 153 Å². The van der Waals surface area contributed by atoms with Crippen LogP contribution in [-0.2, 0) is 0 Å². The fourth-order valence-corrected chi connectivity index (χ4v) is 3.11. The van der Waals surface area contributed by atoms with Gasteiger partial charge in [-0.15, -0.1) is 0 Å². The lowest BCUT2D eigenvalue weighted by Crippen LogP contribution is -2.06. The molecule has 0 aromatic carbocycles. The molecule has 148 valence electrons. The van der Waals surface area contributed by atoms with Crippen LogP contribution in [0.4, 0.5) is 0 Å². The molecule has 0 aliphatic rings. The Morgan fingerprint density at radius 1 is 0.500 bits per heavy atom. The summed E-state index contributed by atoms with van der Waals surface area (Å²) in [5.74, 6) is 0.580. The van der Waals surface area contributed by atoms with Gasteiger partial charge in [-0.3, -0.25) is 0 Å².